The van der Waals surface area contributed by atoms with E-state index >= 15 is 0 Å². The van der Waals surface area contributed by atoms with Crippen LogP contribution in [0.1, 0.15) is 28.7 Å². The van der Waals surface area contributed by atoms with Crippen molar-refractivity contribution in [2.45, 2.75) is 24.2 Å². The molecule has 1 aromatic heterocycles. The van der Waals surface area contributed by atoms with Gasteiger partial charge in [-0.05, 0) is 41.3 Å². The van der Waals surface area contributed by atoms with Crippen LogP contribution in [0.3, 0.4) is 0 Å². The predicted octanol–water partition coefficient (Wildman–Crippen LogP) is 7.60. The molecule has 0 bridgehead atoms. The highest BCUT2D eigenvalue weighted by molar-refractivity contribution is 5.48. The molecular weight excluding hydrogens is 480 g/mol. The maximum atomic E-state index is 13.7. The van der Waals surface area contributed by atoms with Gasteiger partial charge in [0, 0.05) is 24.4 Å². The van der Waals surface area contributed by atoms with Crippen LogP contribution < -0.4 is 5.32 Å². The molecule has 36 heavy (non-hydrogen) atoms. The van der Waals surface area contributed by atoms with E-state index in [2.05, 4.69) is 28.4 Å². The summed E-state index contributed by atoms with van der Waals surface area (Å²) in [4.78, 5) is 8.17. The molecule has 1 heterocycles. The van der Waals surface area contributed by atoms with Crippen molar-refractivity contribution in [3.8, 4) is 0 Å². The number of anilines is 1. The quantitative estimate of drug-likeness (QED) is 0.241. The largest absolute Gasteiger partial charge is 0.416 e. The first-order valence-electron chi connectivity index (χ1n) is 10.8. The SMILES string of the molecule is C=C/C=C(\C=C)CC(CNc1ncccn1)(c1cccc(C(F)(F)F)c1)c1cccc(C(F)(F)F)c1. The lowest BCUT2D eigenvalue weighted by molar-refractivity contribution is -0.138. The molecule has 1 N–H and O–H groups in total. The van der Waals surface area contributed by atoms with Crippen LogP contribution in [-0.4, -0.2) is 16.5 Å². The van der Waals surface area contributed by atoms with Gasteiger partial charge in [0.05, 0.1) is 11.1 Å². The van der Waals surface area contributed by atoms with E-state index in [9.17, 15) is 26.3 Å². The van der Waals surface area contributed by atoms with Crippen LogP contribution in [0.15, 0.2) is 104 Å². The summed E-state index contributed by atoms with van der Waals surface area (Å²) in [5.74, 6) is 0.175. The Morgan fingerprint density at radius 1 is 0.778 bits per heavy atom. The number of allylic oxidation sites excluding steroid dienone is 4. The molecular formula is C27H23F6N3. The number of alkyl halides is 6. The minimum absolute atomic E-state index is 0.0188. The second-order valence-corrected chi connectivity index (χ2v) is 8.02. The van der Waals surface area contributed by atoms with E-state index in [0.717, 1.165) is 24.3 Å². The molecule has 3 rings (SSSR count). The summed E-state index contributed by atoms with van der Waals surface area (Å²) in [5.41, 5.74) is -2.34. The number of nitrogens with zero attached hydrogens (tertiary/aromatic N) is 2. The number of nitrogens with one attached hydrogen (secondary N) is 1. The van der Waals surface area contributed by atoms with Crippen LogP contribution in [0, 0.1) is 0 Å². The lowest BCUT2D eigenvalue weighted by Gasteiger charge is -2.37. The van der Waals surface area contributed by atoms with Crippen LogP contribution in [0.25, 0.3) is 0 Å². The minimum atomic E-state index is -4.65. The molecule has 2 aromatic carbocycles. The third-order valence-electron chi connectivity index (χ3n) is 5.70. The van der Waals surface area contributed by atoms with Crippen molar-refractivity contribution in [2.75, 3.05) is 11.9 Å². The lowest BCUT2D eigenvalue weighted by Crippen LogP contribution is -2.37. The highest BCUT2D eigenvalue weighted by atomic mass is 19.4. The third-order valence-corrected chi connectivity index (χ3v) is 5.70. The standard InChI is InChI=1S/C27H23F6N3/c1-3-8-19(4-2)17-25(18-36-24-34-13-7-14-35-24,20-9-5-11-22(15-20)26(28,29)30)21-10-6-12-23(16-21)27(31,32)33/h3-16H,1-2,17-18H2,(H,34,35,36)/b19-8+. The minimum Gasteiger partial charge on any atom is -0.353 e. The fourth-order valence-electron chi connectivity index (χ4n) is 3.94. The molecule has 188 valence electrons. The van der Waals surface area contributed by atoms with Gasteiger partial charge in [-0.1, -0.05) is 67.8 Å². The summed E-state index contributed by atoms with van der Waals surface area (Å²) >= 11 is 0. The van der Waals surface area contributed by atoms with Crippen LogP contribution in [0.2, 0.25) is 0 Å². The molecule has 0 saturated heterocycles. The second-order valence-electron chi connectivity index (χ2n) is 8.02. The summed E-state index contributed by atoms with van der Waals surface area (Å²) in [7, 11) is 0. The molecule has 0 spiro atoms. The van der Waals surface area contributed by atoms with Gasteiger partial charge in [-0.2, -0.15) is 26.3 Å². The van der Waals surface area contributed by atoms with Crippen molar-refractivity contribution < 1.29 is 26.3 Å². The molecule has 0 fully saturated rings. The van der Waals surface area contributed by atoms with Crippen molar-refractivity contribution in [1.82, 2.24) is 9.97 Å². The fraction of sp³-hybridized carbons (Fsp3) is 0.185. The van der Waals surface area contributed by atoms with Gasteiger partial charge in [-0.3, -0.25) is 0 Å². The number of hydrogen-bond donors (Lipinski definition) is 1. The molecule has 0 unspecified atom stereocenters. The number of halogens is 6. The Balaban J connectivity index is 2.31. The fourth-order valence-corrected chi connectivity index (χ4v) is 3.94. The van der Waals surface area contributed by atoms with E-state index in [0.29, 0.717) is 5.57 Å². The Bertz CT molecular complexity index is 1170. The van der Waals surface area contributed by atoms with E-state index in [1.54, 1.807) is 12.1 Å². The molecule has 3 nitrogen and oxygen atoms in total. The zero-order valence-corrected chi connectivity index (χ0v) is 19.1. The van der Waals surface area contributed by atoms with E-state index in [-0.39, 0.29) is 30.0 Å². The number of rotatable bonds is 9. The van der Waals surface area contributed by atoms with Crippen LogP contribution in [0.5, 0.6) is 0 Å². The summed E-state index contributed by atoms with van der Waals surface area (Å²) in [5, 5.41) is 3.00. The van der Waals surface area contributed by atoms with E-state index < -0.39 is 28.9 Å². The van der Waals surface area contributed by atoms with Gasteiger partial charge in [0.15, 0.2) is 0 Å². The van der Waals surface area contributed by atoms with Gasteiger partial charge in [0.1, 0.15) is 0 Å². The maximum absolute atomic E-state index is 13.7. The summed E-state index contributed by atoms with van der Waals surface area (Å²) in [6, 6.07) is 10.8. The van der Waals surface area contributed by atoms with Crippen molar-refractivity contribution in [3.63, 3.8) is 0 Å². The first kappa shape index (κ1) is 26.7. The van der Waals surface area contributed by atoms with Gasteiger partial charge in [0.25, 0.3) is 0 Å². The Morgan fingerprint density at radius 2 is 1.28 bits per heavy atom. The molecule has 0 aliphatic heterocycles. The summed E-state index contributed by atoms with van der Waals surface area (Å²) in [6.07, 6.45) is -1.75. The Hall–Kier alpha value is -3.88. The molecule has 0 saturated carbocycles. The van der Waals surface area contributed by atoms with Gasteiger partial charge in [0.2, 0.25) is 5.95 Å². The molecule has 3 aromatic rings. The van der Waals surface area contributed by atoms with Crippen molar-refractivity contribution in [3.05, 3.63) is 126 Å². The van der Waals surface area contributed by atoms with E-state index in [4.69, 9.17) is 0 Å². The first-order chi connectivity index (χ1) is 17.0. The molecule has 0 radical (unpaired) electrons. The van der Waals surface area contributed by atoms with Crippen molar-refractivity contribution >= 4 is 5.95 Å². The topological polar surface area (TPSA) is 37.8 Å². The third kappa shape index (κ3) is 6.21. The molecule has 0 atom stereocenters. The van der Waals surface area contributed by atoms with Gasteiger partial charge < -0.3 is 5.32 Å². The summed E-state index contributed by atoms with van der Waals surface area (Å²) in [6.45, 7) is 7.31. The van der Waals surface area contributed by atoms with E-state index in [1.165, 1.54) is 48.8 Å². The molecule has 0 aliphatic rings. The Labute approximate surface area is 204 Å². The highest BCUT2D eigenvalue weighted by Gasteiger charge is 2.40. The second kappa shape index (κ2) is 10.8. The van der Waals surface area contributed by atoms with Gasteiger partial charge >= 0.3 is 12.4 Å². The normalized spacial score (nSPS) is 12.8. The lowest BCUT2D eigenvalue weighted by atomic mass is 9.69. The van der Waals surface area contributed by atoms with Crippen molar-refractivity contribution in [2.24, 2.45) is 0 Å². The Morgan fingerprint density at radius 3 is 1.72 bits per heavy atom. The average Bonchev–Trinajstić information content (AvgIpc) is 2.86. The average molecular weight is 503 g/mol. The molecule has 9 heteroatoms. The van der Waals surface area contributed by atoms with Crippen molar-refractivity contribution in [1.29, 1.82) is 0 Å². The first-order valence-corrected chi connectivity index (χ1v) is 10.8. The zero-order valence-electron chi connectivity index (χ0n) is 19.1. The van der Waals surface area contributed by atoms with Gasteiger partial charge in [-0.15, -0.1) is 0 Å². The smallest absolute Gasteiger partial charge is 0.353 e. The summed E-state index contributed by atoms with van der Waals surface area (Å²) < 4.78 is 81.9. The van der Waals surface area contributed by atoms with Crippen LogP contribution in [-0.2, 0) is 17.8 Å². The number of hydrogen-bond acceptors (Lipinski definition) is 3. The predicted molar refractivity (Wildman–Crippen MR) is 127 cm³/mol. The number of aromatic nitrogens is 2. The molecule has 0 amide bonds. The highest BCUT2D eigenvalue weighted by Crippen LogP contribution is 2.42. The maximum Gasteiger partial charge on any atom is 0.416 e. The Kier molecular flexibility index (Phi) is 8.02. The zero-order chi connectivity index (χ0) is 26.4. The molecule has 0 aliphatic carbocycles. The number of benzene rings is 2. The van der Waals surface area contributed by atoms with Crippen LogP contribution in [0.4, 0.5) is 32.3 Å². The van der Waals surface area contributed by atoms with Gasteiger partial charge in [-0.25, -0.2) is 9.97 Å². The van der Waals surface area contributed by atoms with Crippen LogP contribution >= 0.6 is 0 Å². The van der Waals surface area contributed by atoms with E-state index in [1.807, 2.05) is 0 Å². The monoisotopic (exact) mass is 503 g/mol.